The lowest BCUT2D eigenvalue weighted by Crippen LogP contribution is -2.41. The molecule has 0 aliphatic carbocycles. The Hall–Kier alpha value is -2.50. The first-order valence-corrected chi connectivity index (χ1v) is 7.99. The molecule has 0 saturated heterocycles. The average Bonchev–Trinajstić information content (AvgIpc) is 3.00. The number of amides is 1. The van der Waals surface area contributed by atoms with Gasteiger partial charge in [-0.25, -0.2) is 4.98 Å². The molecule has 2 N–H and O–H groups in total. The molecule has 4 nitrogen and oxygen atoms in total. The van der Waals surface area contributed by atoms with Crippen LogP contribution in [-0.4, -0.2) is 16.0 Å². The van der Waals surface area contributed by atoms with Crippen LogP contribution in [0.1, 0.15) is 16.0 Å². The summed E-state index contributed by atoms with van der Waals surface area (Å²) >= 11 is 1.37. The lowest BCUT2D eigenvalue weighted by molar-refractivity contribution is -0.131. The number of carbonyl (C=O) groups excluding carboxylic acids is 1. The molecule has 0 unspecified atom stereocenters. The first-order valence-electron chi connectivity index (χ1n) is 7.18. The summed E-state index contributed by atoms with van der Waals surface area (Å²) in [5.41, 5.74) is -0.754. The van der Waals surface area contributed by atoms with Crippen LogP contribution in [0, 0.1) is 6.92 Å². The number of aryl methyl sites for hydroxylation is 1. The molecular formula is C18H16N2O2S. The molecule has 1 heterocycles. The quantitative estimate of drug-likeness (QED) is 0.774. The second kappa shape index (κ2) is 6.32. The summed E-state index contributed by atoms with van der Waals surface area (Å²) in [6, 6.07) is 17.8. The fourth-order valence-corrected chi connectivity index (χ4v) is 3.05. The van der Waals surface area contributed by atoms with Crippen molar-refractivity contribution in [3.8, 4) is 0 Å². The molecule has 3 rings (SSSR count). The summed E-state index contributed by atoms with van der Waals surface area (Å²) in [5.74, 6) is -0.524. The number of rotatable bonds is 4. The van der Waals surface area contributed by atoms with Crippen LogP contribution in [0.25, 0.3) is 0 Å². The van der Waals surface area contributed by atoms with Gasteiger partial charge in [0.25, 0.3) is 5.91 Å². The summed E-state index contributed by atoms with van der Waals surface area (Å²) in [6.45, 7) is 1.91. The fraction of sp³-hybridized carbons (Fsp3) is 0.111. The highest BCUT2D eigenvalue weighted by atomic mass is 32.1. The van der Waals surface area contributed by atoms with Crippen molar-refractivity contribution < 1.29 is 9.90 Å². The van der Waals surface area contributed by atoms with Crippen LogP contribution in [-0.2, 0) is 10.4 Å². The van der Waals surface area contributed by atoms with Crippen molar-refractivity contribution in [3.63, 3.8) is 0 Å². The Labute approximate surface area is 138 Å². The lowest BCUT2D eigenvalue weighted by atomic mass is 9.85. The zero-order valence-electron chi connectivity index (χ0n) is 12.6. The Balaban J connectivity index is 2.03. The Bertz CT molecular complexity index is 761. The van der Waals surface area contributed by atoms with Crippen molar-refractivity contribution >= 4 is 22.4 Å². The smallest absolute Gasteiger partial charge is 0.267 e. The van der Waals surface area contributed by atoms with Gasteiger partial charge in [-0.2, -0.15) is 0 Å². The Morgan fingerprint density at radius 3 is 2.00 bits per heavy atom. The van der Waals surface area contributed by atoms with Gasteiger partial charge < -0.3 is 5.11 Å². The monoisotopic (exact) mass is 324 g/mol. The average molecular weight is 324 g/mol. The largest absolute Gasteiger partial charge is 0.372 e. The van der Waals surface area contributed by atoms with E-state index >= 15 is 0 Å². The molecule has 0 aliphatic heterocycles. The zero-order chi connectivity index (χ0) is 16.3. The van der Waals surface area contributed by atoms with E-state index in [-0.39, 0.29) is 0 Å². The van der Waals surface area contributed by atoms with Crippen LogP contribution in [0.3, 0.4) is 0 Å². The third kappa shape index (κ3) is 3.02. The Morgan fingerprint density at radius 2 is 1.57 bits per heavy atom. The summed E-state index contributed by atoms with van der Waals surface area (Å²) < 4.78 is 0. The van der Waals surface area contributed by atoms with Crippen molar-refractivity contribution in [2.24, 2.45) is 0 Å². The van der Waals surface area contributed by atoms with E-state index in [2.05, 4.69) is 10.3 Å². The molecule has 0 atom stereocenters. The second-order valence-corrected chi connectivity index (χ2v) is 6.41. The second-order valence-electron chi connectivity index (χ2n) is 5.17. The van der Waals surface area contributed by atoms with E-state index in [0.717, 1.165) is 4.88 Å². The number of thiazole rings is 1. The lowest BCUT2D eigenvalue weighted by Gasteiger charge is -2.27. The van der Waals surface area contributed by atoms with Crippen LogP contribution in [0.4, 0.5) is 5.13 Å². The number of carbonyl (C=O) groups is 1. The number of benzene rings is 2. The molecular weight excluding hydrogens is 308 g/mol. The number of hydrogen-bond donors (Lipinski definition) is 2. The highest BCUT2D eigenvalue weighted by Gasteiger charge is 2.40. The molecule has 0 saturated carbocycles. The van der Waals surface area contributed by atoms with Crippen molar-refractivity contribution in [2.45, 2.75) is 12.5 Å². The molecule has 2 aromatic carbocycles. The van der Waals surface area contributed by atoms with Gasteiger partial charge in [0.15, 0.2) is 10.7 Å². The molecule has 116 valence electrons. The van der Waals surface area contributed by atoms with Crippen molar-refractivity contribution in [1.29, 1.82) is 0 Å². The molecule has 0 fully saturated rings. The van der Waals surface area contributed by atoms with Crippen molar-refractivity contribution in [2.75, 3.05) is 5.32 Å². The third-order valence-corrected chi connectivity index (χ3v) is 4.38. The molecule has 5 heteroatoms. The van der Waals surface area contributed by atoms with Gasteiger partial charge in [0.05, 0.1) is 0 Å². The molecule has 3 aromatic rings. The molecule has 0 bridgehead atoms. The molecule has 0 radical (unpaired) electrons. The van der Waals surface area contributed by atoms with Gasteiger partial charge >= 0.3 is 0 Å². The van der Waals surface area contributed by atoms with Crippen LogP contribution in [0.15, 0.2) is 66.9 Å². The van der Waals surface area contributed by atoms with Gasteiger partial charge in [-0.3, -0.25) is 10.1 Å². The van der Waals surface area contributed by atoms with Gasteiger partial charge in [0.2, 0.25) is 0 Å². The van der Waals surface area contributed by atoms with E-state index in [4.69, 9.17) is 0 Å². The Morgan fingerprint density at radius 1 is 1.04 bits per heavy atom. The summed E-state index contributed by atoms with van der Waals surface area (Å²) in [4.78, 5) is 18.0. The van der Waals surface area contributed by atoms with Gasteiger partial charge in [0.1, 0.15) is 0 Å². The number of aliphatic hydroxyl groups is 1. The number of nitrogens with zero attached hydrogens (tertiary/aromatic N) is 1. The molecule has 23 heavy (non-hydrogen) atoms. The maximum atomic E-state index is 12.9. The van der Waals surface area contributed by atoms with Crippen LogP contribution in [0.5, 0.6) is 0 Å². The number of nitrogens with one attached hydrogen (secondary N) is 1. The topological polar surface area (TPSA) is 62.2 Å². The van der Waals surface area contributed by atoms with Gasteiger partial charge in [-0.15, -0.1) is 11.3 Å². The summed E-state index contributed by atoms with van der Waals surface area (Å²) in [5, 5.41) is 14.4. The highest BCUT2D eigenvalue weighted by Crippen LogP contribution is 2.31. The third-order valence-electron chi connectivity index (χ3n) is 3.55. The maximum Gasteiger partial charge on any atom is 0.267 e. The number of anilines is 1. The van der Waals surface area contributed by atoms with Crippen molar-refractivity contribution in [1.82, 2.24) is 4.98 Å². The van der Waals surface area contributed by atoms with Gasteiger partial charge in [-0.1, -0.05) is 60.7 Å². The number of aromatic nitrogens is 1. The normalized spacial score (nSPS) is 11.2. The predicted molar refractivity (Wildman–Crippen MR) is 91.4 cm³/mol. The van der Waals surface area contributed by atoms with Crippen molar-refractivity contribution in [3.05, 3.63) is 82.9 Å². The molecule has 1 amide bonds. The first-order chi connectivity index (χ1) is 11.1. The van der Waals surface area contributed by atoms with Gasteiger partial charge in [-0.05, 0) is 18.1 Å². The summed E-state index contributed by atoms with van der Waals surface area (Å²) in [7, 11) is 0. The predicted octanol–water partition coefficient (Wildman–Crippen LogP) is 3.33. The van der Waals surface area contributed by atoms with Gasteiger partial charge in [0, 0.05) is 11.1 Å². The number of hydrogen-bond acceptors (Lipinski definition) is 4. The standard InChI is InChI=1S/C18H16N2O2S/c1-13-12-19-17(23-13)20-16(21)18(22,14-8-4-2-5-9-14)15-10-6-3-7-11-15/h2-12,22H,1H3,(H,19,20,21). The summed E-state index contributed by atoms with van der Waals surface area (Å²) in [6.07, 6.45) is 1.68. The SMILES string of the molecule is Cc1cnc(NC(=O)C(O)(c2ccccc2)c2ccccc2)s1. The van der Waals surface area contributed by atoms with Crippen LogP contribution in [0.2, 0.25) is 0 Å². The first kappa shape index (κ1) is 15.4. The zero-order valence-corrected chi connectivity index (χ0v) is 13.4. The van der Waals surface area contributed by atoms with Crippen LogP contribution < -0.4 is 5.32 Å². The van der Waals surface area contributed by atoms with E-state index < -0.39 is 11.5 Å². The maximum absolute atomic E-state index is 12.9. The minimum atomic E-state index is -1.78. The minimum absolute atomic E-state index is 0.470. The highest BCUT2D eigenvalue weighted by molar-refractivity contribution is 7.15. The molecule has 0 spiro atoms. The van der Waals surface area contributed by atoms with Crippen LogP contribution >= 0.6 is 11.3 Å². The van der Waals surface area contributed by atoms with E-state index in [0.29, 0.717) is 16.3 Å². The Kier molecular flexibility index (Phi) is 4.23. The van der Waals surface area contributed by atoms with E-state index in [1.54, 1.807) is 54.7 Å². The van der Waals surface area contributed by atoms with E-state index in [9.17, 15) is 9.90 Å². The van der Waals surface area contributed by atoms with E-state index in [1.807, 2.05) is 19.1 Å². The minimum Gasteiger partial charge on any atom is -0.372 e. The van der Waals surface area contributed by atoms with E-state index in [1.165, 1.54) is 11.3 Å². The fourth-order valence-electron chi connectivity index (χ4n) is 2.39. The molecule has 0 aliphatic rings. The molecule has 1 aromatic heterocycles.